The van der Waals surface area contributed by atoms with Crippen molar-refractivity contribution >= 4 is 11.9 Å². The Morgan fingerprint density at radius 1 is 1.40 bits per heavy atom. The third-order valence-electron chi connectivity index (χ3n) is 3.51. The highest BCUT2D eigenvalue weighted by molar-refractivity contribution is 5.98. The maximum absolute atomic E-state index is 12.4. The number of aliphatic carboxylic acids is 1. The lowest BCUT2D eigenvalue weighted by molar-refractivity contribution is -0.141. The second kappa shape index (κ2) is 5.04. The number of carbonyl (C=O) groups excluding carboxylic acids is 1. The Morgan fingerprint density at radius 3 is 2.65 bits per heavy atom. The number of hydrogen-bond acceptors (Lipinski definition) is 5. The number of H-pyrrole nitrogens is 1. The number of aliphatic hydroxyl groups excluding tert-OH is 1. The number of aryl methyl sites for hydroxylation is 1. The highest BCUT2D eigenvalue weighted by Crippen LogP contribution is 2.21. The number of β-amino-alcohol motifs (C(OH)–C–C–N with tert-alkyl or cyclic N) is 1. The van der Waals surface area contributed by atoms with Crippen molar-refractivity contribution in [2.45, 2.75) is 32.4 Å². The van der Waals surface area contributed by atoms with Gasteiger partial charge in [0, 0.05) is 13.0 Å². The van der Waals surface area contributed by atoms with E-state index in [1.807, 2.05) is 0 Å². The molecule has 2 unspecified atom stereocenters. The summed E-state index contributed by atoms with van der Waals surface area (Å²) in [7, 11) is 0. The summed E-state index contributed by atoms with van der Waals surface area (Å²) in [5.41, 5.74) is 0.102. The fourth-order valence-corrected chi connectivity index (χ4v) is 2.30. The number of carboxylic acids is 1. The number of aromatic amines is 1. The van der Waals surface area contributed by atoms with Crippen molar-refractivity contribution in [2.75, 3.05) is 6.54 Å². The molecule has 2 heterocycles. The molecule has 8 heteroatoms. The average molecular weight is 281 g/mol. The fourth-order valence-electron chi connectivity index (χ4n) is 2.30. The first kappa shape index (κ1) is 14.2. The molecular weight excluding hydrogens is 266 g/mol. The van der Waals surface area contributed by atoms with E-state index in [4.69, 9.17) is 5.11 Å². The largest absolute Gasteiger partial charge is 0.480 e. The molecule has 0 saturated carbocycles. The van der Waals surface area contributed by atoms with Crippen molar-refractivity contribution < 1.29 is 19.8 Å². The van der Waals surface area contributed by atoms with Crippen molar-refractivity contribution in [1.29, 1.82) is 0 Å². The first-order valence-corrected chi connectivity index (χ1v) is 6.10. The number of nitrogens with one attached hydrogen (secondary N) is 1. The molecule has 1 aromatic heterocycles. The summed E-state index contributed by atoms with van der Waals surface area (Å²) >= 11 is 0. The van der Waals surface area contributed by atoms with Gasteiger partial charge in [0.25, 0.3) is 11.5 Å². The standard InChI is InChI=1S/C12H15N3O5/c1-5-6(2)13-14-10(17)9(5)11(18)15-4-7(16)3-8(15)12(19)20/h7-8,16H,3-4H2,1-2H3,(H,14,17)(H,19,20). The van der Waals surface area contributed by atoms with Crippen LogP contribution in [0.3, 0.4) is 0 Å². The second-order valence-electron chi connectivity index (χ2n) is 4.84. The molecule has 1 aromatic rings. The minimum absolute atomic E-state index is 0.0396. The lowest BCUT2D eigenvalue weighted by Crippen LogP contribution is -2.43. The molecule has 8 nitrogen and oxygen atoms in total. The molecular formula is C12H15N3O5. The number of rotatable bonds is 2. The maximum Gasteiger partial charge on any atom is 0.326 e. The molecule has 1 fully saturated rings. The SMILES string of the molecule is Cc1n[nH]c(=O)c(C(=O)N2CC(O)CC2C(=O)O)c1C. The summed E-state index contributed by atoms with van der Waals surface area (Å²) in [5, 5.41) is 24.6. The van der Waals surface area contributed by atoms with E-state index < -0.39 is 29.6 Å². The summed E-state index contributed by atoms with van der Waals surface area (Å²) in [5.74, 6) is -1.90. The minimum Gasteiger partial charge on any atom is -0.480 e. The van der Waals surface area contributed by atoms with Crippen LogP contribution in [0.5, 0.6) is 0 Å². The van der Waals surface area contributed by atoms with Crippen LogP contribution in [0.25, 0.3) is 0 Å². The van der Waals surface area contributed by atoms with Crippen LogP contribution in [0.4, 0.5) is 0 Å². The fraction of sp³-hybridized carbons (Fsp3) is 0.500. The lowest BCUT2D eigenvalue weighted by atomic mass is 10.1. The quantitative estimate of drug-likeness (QED) is 0.642. The Bertz CT molecular complexity index is 624. The summed E-state index contributed by atoms with van der Waals surface area (Å²) in [6, 6.07) is -1.12. The van der Waals surface area contributed by atoms with E-state index in [1.54, 1.807) is 13.8 Å². The van der Waals surface area contributed by atoms with Crippen LogP contribution < -0.4 is 5.56 Å². The van der Waals surface area contributed by atoms with E-state index >= 15 is 0 Å². The Morgan fingerprint density at radius 2 is 2.05 bits per heavy atom. The summed E-state index contributed by atoms with van der Waals surface area (Å²) in [6.45, 7) is 3.11. The first-order chi connectivity index (χ1) is 9.32. The van der Waals surface area contributed by atoms with E-state index in [0.29, 0.717) is 11.3 Å². The predicted octanol–water partition coefficient (Wildman–Crippen LogP) is -0.953. The molecule has 2 atom stereocenters. The zero-order valence-corrected chi connectivity index (χ0v) is 11.1. The molecule has 0 bridgehead atoms. The highest BCUT2D eigenvalue weighted by atomic mass is 16.4. The molecule has 20 heavy (non-hydrogen) atoms. The van der Waals surface area contributed by atoms with Crippen molar-refractivity contribution in [3.05, 3.63) is 27.2 Å². The zero-order valence-electron chi connectivity index (χ0n) is 11.1. The Balaban J connectivity index is 2.44. The number of hydrogen-bond donors (Lipinski definition) is 3. The van der Waals surface area contributed by atoms with E-state index in [1.165, 1.54) is 0 Å². The molecule has 0 radical (unpaired) electrons. The van der Waals surface area contributed by atoms with Gasteiger partial charge in [-0.05, 0) is 19.4 Å². The van der Waals surface area contributed by atoms with Crippen molar-refractivity contribution in [1.82, 2.24) is 15.1 Å². The normalized spacial score (nSPS) is 22.1. The van der Waals surface area contributed by atoms with Crippen LogP contribution in [0.1, 0.15) is 28.0 Å². The smallest absolute Gasteiger partial charge is 0.326 e. The van der Waals surface area contributed by atoms with Crippen molar-refractivity contribution in [3.63, 3.8) is 0 Å². The van der Waals surface area contributed by atoms with E-state index in [9.17, 15) is 19.5 Å². The summed E-state index contributed by atoms with van der Waals surface area (Å²) < 4.78 is 0. The third-order valence-corrected chi connectivity index (χ3v) is 3.51. The molecule has 3 N–H and O–H groups in total. The van der Waals surface area contributed by atoms with Gasteiger partial charge >= 0.3 is 5.97 Å². The number of likely N-dealkylation sites (tertiary alicyclic amines) is 1. The van der Waals surface area contributed by atoms with Crippen molar-refractivity contribution in [2.24, 2.45) is 0 Å². The average Bonchev–Trinajstić information content (AvgIpc) is 2.76. The number of amides is 1. The molecule has 1 amide bonds. The minimum atomic E-state index is -1.20. The predicted molar refractivity (Wildman–Crippen MR) is 67.4 cm³/mol. The monoisotopic (exact) mass is 281 g/mol. The van der Waals surface area contributed by atoms with Gasteiger partial charge in [-0.2, -0.15) is 5.10 Å². The number of carbonyl (C=O) groups is 2. The Labute approximate surface area is 114 Å². The number of aromatic nitrogens is 2. The molecule has 0 aromatic carbocycles. The van der Waals surface area contributed by atoms with Gasteiger partial charge in [-0.25, -0.2) is 9.89 Å². The van der Waals surface area contributed by atoms with Crippen LogP contribution in [0, 0.1) is 13.8 Å². The van der Waals surface area contributed by atoms with E-state index in [-0.39, 0.29) is 18.5 Å². The van der Waals surface area contributed by atoms with Gasteiger partial charge in [0.2, 0.25) is 0 Å². The van der Waals surface area contributed by atoms with Gasteiger partial charge < -0.3 is 15.1 Å². The molecule has 108 valence electrons. The van der Waals surface area contributed by atoms with Crippen LogP contribution in [0.2, 0.25) is 0 Å². The molecule has 0 spiro atoms. The van der Waals surface area contributed by atoms with Crippen LogP contribution >= 0.6 is 0 Å². The van der Waals surface area contributed by atoms with Crippen LogP contribution in [0.15, 0.2) is 4.79 Å². The summed E-state index contributed by atoms with van der Waals surface area (Å²) in [6.07, 6.45) is -0.940. The number of carboxylic acid groups (broad SMARTS) is 1. The summed E-state index contributed by atoms with van der Waals surface area (Å²) in [4.78, 5) is 36.3. The van der Waals surface area contributed by atoms with E-state index in [0.717, 1.165) is 4.90 Å². The van der Waals surface area contributed by atoms with Crippen molar-refractivity contribution in [3.8, 4) is 0 Å². The third kappa shape index (κ3) is 2.29. The van der Waals surface area contributed by atoms with E-state index in [2.05, 4.69) is 10.2 Å². The van der Waals surface area contributed by atoms with Crippen LogP contribution in [-0.2, 0) is 4.79 Å². The molecule has 0 aliphatic carbocycles. The van der Waals surface area contributed by atoms with Gasteiger partial charge in [0.05, 0.1) is 11.8 Å². The van der Waals surface area contributed by atoms with Gasteiger partial charge in [-0.1, -0.05) is 0 Å². The lowest BCUT2D eigenvalue weighted by Gasteiger charge is -2.21. The second-order valence-corrected chi connectivity index (χ2v) is 4.84. The molecule has 2 rings (SSSR count). The van der Waals surface area contributed by atoms with Gasteiger partial charge in [0.15, 0.2) is 0 Å². The topological polar surface area (TPSA) is 124 Å². The van der Waals surface area contributed by atoms with Gasteiger partial charge in [-0.15, -0.1) is 0 Å². The number of aliphatic hydroxyl groups is 1. The van der Waals surface area contributed by atoms with Gasteiger partial charge in [0.1, 0.15) is 11.6 Å². The first-order valence-electron chi connectivity index (χ1n) is 6.10. The molecule has 1 aliphatic heterocycles. The zero-order chi connectivity index (χ0) is 15.0. The maximum atomic E-state index is 12.4. The van der Waals surface area contributed by atoms with Crippen LogP contribution in [-0.4, -0.2) is 55.9 Å². The van der Waals surface area contributed by atoms with Gasteiger partial charge in [-0.3, -0.25) is 9.59 Å². The Hall–Kier alpha value is -2.22. The molecule has 1 aliphatic rings. The Kier molecular flexibility index (Phi) is 3.58. The molecule has 1 saturated heterocycles. The highest BCUT2D eigenvalue weighted by Gasteiger charge is 2.40. The number of nitrogens with zero attached hydrogens (tertiary/aromatic N) is 2.